The number of nitrogens with two attached hydrogens (primary N) is 1. The smallest absolute Gasteiger partial charge is 0.214 e. The molecule has 21 heavy (non-hydrogen) atoms. The van der Waals surface area contributed by atoms with Crippen LogP contribution in [0.2, 0.25) is 0 Å². The van der Waals surface area contributed by atoms with Gasteiger partial charge in [-0.15, -0.1) is 0 Å². The summed E-state index contributed by atoms with van der Waals surface area (Å²) in [6.45, 7) is 2.83. The number of anilines is 1. The Hall–Kier alpha value is -1.27. The van der Waals surface area contributed by atoms with E-state index in [1.54, 1.807) is 18.2 Å². The minimum absolute atomic E-state index is 0.0531. The zero-order valence-corrected chi connectivity index (χ0v) is 13.2. The van der Waals surface area contributed by atoms with Crippen molar-refractivity contribution in [1.29, 1.82) is 0 Å². The van der Waals surface area contributed by atoms with Gasteiger partial charge in [-0.05, 0) is 30.4 Å². The molecule has 2 atom stereocenters. The molecule has 118 valence electrons. The van der Waals surface area contributed by atoms with Gasteiger partial charge in [0.1, 0.15) is 12.4 Å². The Morgan fingerprint density at radius 3 is 2.76 bits per heavy atom. The van der Waals surface area contributed by atoms with Gasteiger partial charge in [-0.2, -0.15) is 0 Å². The summed E-state index contributed by atoms with van der Waals surface area (Å²) >= 11 is 0. The van der Waals surface area contributed by atoms with Gasteiger partial charge >= 0.3 is 0 Å². The molecule has 1 fully saturated rings. The maximum absolute atomic E-state index is 11.9. The van der Waals surface area contributed by atoms with Crippen LogP contribution in [0.4, 0.5) is 5.69 Å². The van der Waals surface area contributed by atoms with E-state index in [0.29, 0.717) is 29.8 Å². The van der Waals surface area contributed by atoms with Gasteiger partial charge in [0.15, 0.2) is 0 Å². The van der Waals surface area contributed by atoms with E-state index in [1.807, 2.05) is 6.07 Å². The number of rotatable bonds is 7. The van der Waals surface area contributed by atoms with Gasteiger partial charge in [-0.1, -0.05) is 31.9 Å². The average Bonchev–Trinajstić information content (AvgIpc) is 2.84. The molecule has 2 rings (SSSR count). The number of para-hydroxylation sites is 2. The number of hydrogen-bond donors (Lipinski definition) is 2. The molecule has 1 aromatic rings. The Morgan fingerprint density at radius 2 is 2.10 bits per heavy atom. The van der Waals surface area contributed by atoms with Crippen LogP contribution in [0.25, 0.3) is 0 Å². The number of ether oxygens (including phenoxy) is 1. The molecule has 0 bridgehead atoms. The molecule has 5 nitrogen and oxygen atoms in total. The maximum Gasteiger partial charge on any atom is 0.214 e. The summed E-state index contributed by atoms with van der Waals surface area (Å²) in [6, 6.07) is 7.07. The minimum Gasteiger partial charge on any atom is -0.490 e. The van der Waals surface area contributed by atoms with E-state index in [0.717, 1.165) is 6.42 Å². The molecule has 1 saturated carbocycles. The summed E-state index contributed by atoms with van der Waals surface area (Å²) in [4.78, 5) is 0. The predicted molar refractivity (Wildman–Crippen MR) is 84.6 cm³/mol. The zero-order valence-electron chi connectivity index (χ0n) is 12.4. The normalized spacial score (nSPS) is 22.3. The van der Waals surface area contributed by atoms with E-state index in [9.17, 15) is 8.42 Å². The van der Waals surface area contributed by atoms with Crippen LogP contribution in [0, 0.1) is 11.8 Å². The lowest BCUT2D eigenvalue weighted by Gasteiger charge is -2.16. The second kappa shape index (κ2) is 7.13. The standard InChI is InChI=1S/C15H24N2O3S/c1-12-5-4-6-13(12)11-17-21(18,19)10-9-20-15-8-3-2-7-14(15)16/h2-3,7-8,12-13,17H,4-6,9-11,16H2,1H3. The minimum atomic E-state index is -3.29. The van der Waals surface area contributed by atoms with Gasteiger partial charge in [0.2, 0.25) is 10.0 Å². The average molecular weight is 312 g/mol. The number of nitrogen functional groups attached to an aromatic ring is 1. The Balaban J connectivity index is 1.75. The van der Waals surface area contributed by atoms with E-state index in [2.05, 4.69) is 11.6 Å². The Morgan fingerprint density at radius 1 is 1.33 bits per heavy atom. The van der Waals surface area contributed by atoms with Crippen molar-refractivity contribution in [2.75, 3.05) is 24.6 Å². The predicted octanol–water partition coefficient (Wildman–Crippen LogP) is 2.00. The van der Waals surface area contributed by atoms with Crippen molar-refractivity contribution in [2.45, 2.75) is 26.2 Å². The van der Waals surface area contributed by atoms with Crippen molar-refractivity contribution in [1.82, 2.24) is 4.72 Å². The molecule has 1 aromatic carbocycles. The highest BCUT2D eigenvalue weighted by molar-refractivity contribution is 7.89. The summed E-state index contributed by atoms with van der Waals surface area (Å²) in [6.07, 6.45) is 3.51. The van der Waals surface area contributed by atoms with Gasteiger partial charge in [0.25, 0.3) is 0 Å². The fraction of sp³-hybridized carbons (Fsp3) is 0.600. The highest BCUT2D eigenvalue weighted by atomic mass is 32.2. The summed E-state index contributed by atoms with van der Waals surface area (Å²) in [5.74, 6) is 1.54. The number of benzene rings is 1. The number of sulfonamides is 1. The van der Waals surface area contributed by atoms with E-state index in [-0.39, 0.29) is 12.4 Å². The van der Waals surface area contributed by atoms with Crippen LogP contribution in [-0.4, -0.2) is 27.3 Å². The van der Waals surface area contributed by atoms with E-state index < -0.39 is 10.0 Å². The van der Waals surface area contributed by atoms with Crippen LogP contribution in [0.3, 0.4) is 0 Å². The molecule has 0 heterocycles. The molecule has 1 aliphatic rings. The Labute approximate surface area is 126 Å². The summed E-state index contributed by atoms with van der Waals surface area (Å²) < 4.78 is 32.0. The van der Waals surface area contributed by atoms with Crippen molar-refractivity contribution in [2.24, 2.45) is 11.8 Å². The van der Waals surface area contributed by atoms with Crippen LogP contribution in [0.1, 0.15) is 26.2 Å². The highest BCUT2D eigenvalue weighted by Crippen LogP contribution is 2.30. The maximum atomic E-state index is 11.9. The topological polar surface area (TPSA) is 81.4 Å². The van der Waals surface area contributed by atoms with Crippen molar-refractivity contribution in [3.05, 3.63) is 24.3 Å². The van der Waals surface area contributed by atoms with Gasteiger partial charge < -0.3 is 10.5 Å². The molecule has 0 amide bonds. The first-order valence-electron chi connectivity index (χ1n) is 7.42. The fourth-order valence-corrected chi connectivity index (χ4v) is 3.62. The van der Waals surface area contributed by atoms with Gasteiger partial charge in [-0.3, -0.25) is 0 Å². The summed E-state index contributed by atoms with van der Waals surface area (Å²) in [7, 11) is -3.29. The SMILES string of the molecule is CC1CCCC1CNS(=O)(=O)CCOc1ccccc1N. The molecule has 3 N–H and O–H groups in total. The first kappa shape index (κ1) is 16.1. The molecule has 0 aromatic heterocycles. The van der Waals surface area contributed by atoms with E-state index in [4.69, 9.17) is 10.5 Å². The third-order valence-electron chi connectivity index (χ3n) is 4.13. The lowest BCUT2D eigenvalue weighted by atomic mass is 9.99. The van der Waals surface area contributed by atoms with E-state index in [1.165, 1.54) is 12.8 Å². The Kier molecular flexibility index (Phi) is 5.47. The van der Waals surface area contributed by atoms with Crippen LogP contribution in [-0.2, 0) is 10.0 Å². The Bertz CT molecular complexity index is 560. The second-order valence-corrected chi connectivity index (χ2v) is 7.65. The van der Waals surface area contributed by atoms with Gasteiger partial charge in [-0.25, -0.2) is 13.1 Å². The summed E-state index contributed by atoms with van der Waals surface area (Å²) in [5.41, 5.74) is 6.25. The molecule has 0 radical (unpaired) electrons. The van der Waals surface area contributed by atoms with Crippen molar-refractivity contribution in [3.63, 3.8) is 0 Å². The van der Waals surface area contributed by atoms with Crippen LogP contribution in [0.5, 0.6) is 5.75 Å². The molecule has 6 heteroatoms. The monoisotopic (exact) mass is 312 g/mol. The molecular formula is C15H24N2O3S. The molecular weight excluding hydrogens is 288 g/mol. The first-order valence-corrected chi connectivity index (χ1v) is 9.08. The second-order valence-electron chi connectivity index (χ2n) is 5.72. The van der Waals surface area contributed by atoms with E-state index >= 15 is 0 Å². The quantitative estimate of drug-likeness (QED) is 0.755. The third-order valence-corrected chi connectivity index (χ3v) is 5.44. The molecule has 0 spiro atoms. The largest absolute Gasteiger partial charge is 0.490 e. The molecule has 1 aliphatic carbocycles. The lowest BCUT2D eigenvalue weighted by molar-refractivity contribution is 0.341. The molecule has 0 aliphatic heterocycles. The van der Waals surface area contributed by atoms with Gasteiger partial charge in [0.05, 0.1) is 11.4 Å². The van der Waals surface area contributed by atoms with Crippen molar-refractivity contribution in [3.8, 4) is 5.75 Å². The number of hydrogen-bond acceptors (Lipinski definition) is 4. The number of nitrogens with one attached hydrogen (secondary N) is 1. The van der Waals surface area contributed by atoms with Gasteiger partial charge in [0, 0.05) is 6.54 Å². The lowest BCUT2D eigenvalue weighted by Crippen LogP contribution is -2.33. The molecule has 2 unspecified atom stereocenters. The van der Waals surface area contributed by atoms with Crippen molar-refractivity contribution >= 4 is 15.7 Å². The van der Waals surface area contributed by atoms with Crippen LogP contribution >= 0.6 is 0 Å². The fourth-order valence-electron chi connectivity index (χ4n) is 2.70. The first-order chi connectivity index (χ1) is 9.98. The summed E-state index contributed by atoms with van der Waals surface area (Å²) in [5, 5.41) is 0. The van der Waals surface area contributed by atoms with Crippen molar-refractivity contribution < 1.29 is 13.2 Å². The third kappa shape index (κ3) is 4.89. The molecule has 0 saturated heterocycles. The van der Waals surface area contributed by atoms with Crippen LogP contribution in [0.15, 0.2) is 24.3 Å². The highest BCUT2D eigenvalue weighted by Gasteiger charge is 2.24. The zero-order chi connectivity index (χ0) is 15.3. The van der Waals surface area contributed by atoms with Crippen LogP contribution < -0.4 is 15.2 Å².